The fraction of sp³-hybridized carbons (Fsp3) is 0.941. The maximum absolute atomic E-state index is 4.35. The SMILES string of the molecule is C.C.CC(C)C1=NCCC1.CC(C)N1CCCCC1. The smallest absolute Gasteiger partial charge is 0.0392 e. The van der Waals surface area contributed by atoms with Gasteiger partial charge in [0, 0.05) is 18.3 Å². The zero-order chi connectivity index (χ0) is 12.7. The highest BCUT2D eigenvalue weighted by atomic mass is 15.1. The zero-order valence-electron chi connectivity index (χ0n) is 12.2. The molecule has 2 heteroatoms. The number of hydrogen-bond acceptors (Lipinski definition) is 2. The van der Waals surface area contributed by atoms with Gasteiger partial charge in [-0.25, -0.2) is 0 Å². The molecule has 1 saturated heterocycles. The fourth-order valence-electron chi connectivity index (χ4n) is 2.47. The predicted molar refractivity (Wildman–Crippen MR) is 90.4 cm³/mol. The van der Waals surface area contributed by atoms with Crippen molar-refractivity contribution in [1.29, 1.82) is 0 Å². The van der Waals surface area contributed by atoms with Crippen LogP contribution in [0.3, 0.4) is 0 Å². The Morgan fingerprint density at radius 3 is 1.74 bits per heavy atom. The van der Waals surface area contributed by atoms with Gasteiger partial charge in [0.15, 0.2) is 0 Å². The molecule has 0 amide bonds. The maximum Gasteiger partial charge on any atom is 0.0392 e. The topological polar surface area (TPSA) is 15.6 Å². The van der Waals surface area contributed by atoms with Crippen LogP contribution in [0.4, 0.5) is 0 Å². The predicted octanol–water partition coefficient (Wildman–Crippen LogP) is 5.03. The van der Waals surface area contributed by atoms with Crippen molar-refractivity contribution < 1.29 is 0 Å². The van der Waals surface area contributed by atoms with Gasteiger partial charge in [-0.15, -0.1) is 0 Å². The maximum atomic E-state index is 4.35. The highest BCUT2D eigenvalue weighted by Gasteiger charge is 2.11. The summed E-state index contributed by atoms with van der Waals surface area (Å²) in [6.45, 7) is 12.7. The molecule has 0 N–H and O–H groups in total. The molecule has 19 heavy (non-hydrogen) atoms. The van der Waals surface area contributed by atoms with E-state index < -0.39 is 0 Å². The second-order valence-corrected chi connectivity index (χ2v) is 5.82. The van der Waals surface area contributed by atoms with Crippen LogP contribution < -0.4 is 0 Å². The quantitative estimate of drug-likeness (QED) is 0.687. The summed E-state index contributed by atoms with van der Waals surface area (Å²) in [5.41, 5.74) is 1.42. The van der Waals surface area contributed by atoms with Crippen LogP contribution in [-0.4, -0.2) is 36.3 Å². The summed E-state index contributed by atoms with van der Waals surface area (Å²) in [5.74, 6) is 0.692. The molecule has 0 aliphatic carbocycles. The Morgan fingerprint density at radius 1 is 0.895 bits per heavy atom. The molecule has 2 nitrogen and oxygen atoms in total. The van der Waals surface area contributed by atoms with Crippen LogP contribution >= 0.6 is 0 Å². The van der Waals surface area contributed by atoms with Crippen molar-refractivity contribution in [2.75, 3.05) is 19.6 Å². The number of hydrogen-bond donors (Lipinski definition) is 0. The summed E-state index contributed by atoms with van der Waals surface area (Å²) in [6.07, 6.45) is 6.81. The van der Waals surface area contributed by atoms with E-state index in [1.54, 1.807) is 0 Å². The van der Waals surface area contributed by atoms with Crippen LogP contribution in [-0.2, 0) is 0 Å². The fourth-order valence-corrected chi connectivity index (χ4v) is 2.47. The summed E-state index contributed by atoms with van der Waals surface area (Å²) >= 11 is 0. The van der Waals surface area contributed by atoms with Crippen LogP contribution in [0.5, 0.6) is 0 Å². The zero-order valence-corrected chi connectivity index (χ0v) is 12.2. The van der Waals surface area contributed by atoms with Crippen molar-refractivity contribution in [1.82, 2.24) is 4.90 Å². The lowest BCUT2D eigenvalue weighted by atomic mass is 10.1. The van der Waals surface area contributed by atoms with Crippen LogP contribution in [0, 0.1) is 5.92 Å². The van der Waals surface area contributed by atoms with Crippen molar-refractivity contribution in [3.05, 3.63) is 0 Å². The summed E-state index contributed by atoms with van der Waals surface area (Å²) in [7, 11) is 0. The van der Waals surface area contributed by atoms with Gasteiger partial charge in [-0.3, -0.25) is 4.99 Å². The first-order chi connectivity index (χ1) is 8.11. The molecular weight excluding hydrogens is 232 g/mol. The lowest BCUT2D eigenvalue weighted by Gasteiger charge is -2.29. The van der Waals surface area contributed by atoms with Gasteiger partial charge in [-0.05, 0) is 58.5 Å². The molecule has 0 radical (unpaired) electrons. The molecule has 0 saturated carbocycles. The Balaban J connectivity index is 0. The third kappa shape index (κ3) is 8.41. The van der Waals surface area contributed by atoms with E-state index in [9.17, 15) is 0 Å². The van der Waals surface area contributed by atoms with E-state index in [0.29, 0.717) is 5.92 Å². The number of nitrogens with zero attached hydrogens (tertiary/aromatic N) is 2. The largest absolute Gasteiger partial charge is 0.301 e. The van der Waals surface area contributed by atoms with Crippen LogP contribution in [0.15, 0.2) is 4.99 Å². The van der Waals surface area contributed by atoms with E-state index in [4.69, 9.17) is 0 Å². The third-order valence-corrected chi connectivity index (χ3v) is 3.69. The summed E-state index contributed by atoms with van der Waals surface area (Å²) < 4.78 is 0. The van der Waals surface area contributed by atoms with Crippen LogP contribution in [0.2, 0.25) is 0 Å². The Labute approximate surface area is 122 Å². The molecule has 0 bridgehead atoms. The second-order valence-electron chi connectivity index (χ2n) is 5.82. The first-order valence-corrected chi connectivity index (χ1v) is 7.38. The summed E-state index contributed by atoms with van der Waals surface area (Å²) in [5, 5.41) is 0. The standard InChI is InChI=1S/C8H17N.C7H13N.2CH4/c1-8(2)9-6-4-3-5-7-9;1-6(2)7-4-3-5-8-7;;/h8H,3-7H2,1-2H3;6H,3-5H2,1-2H3;2*1H4. The van der Waals surface area contributed by atoms with Gasteiger partial charge in [-0.1, -0.05) is 35.1 Å². The molecule has 2 aliphatic rings. The van der Waals surface area contributed by atoms with E-state index in [-0.39, 0.29) is 14.9 Å². The molecule has 0 aromatic carbocycles. The molecule has 1 fully saturated rings. The van der Waals surface area contributed by atoms with Gasteiger partial charge in [0.2, 0.25) is 0 Å². The molecule has 0 atom stereocenters. The van der Waals surface area contributed by atoms with E-state index in [2.05, 4.69) is 37.6 Å². The number of piperidine rings is 1. The highest BCUT2D eigenvalue weighted by Crippen LogP contribution is 2.11. The summed E-state index contributed by atoms with van der Waals surface area (Å²) in [6, 6.07) is 0.769. The lowest BCUT2D eigenvalue weighted by Crippen LogP contribution is -2.35. The van der Waals surface area contributed by atoms with Gasteiger partial charge in [0.1, 0.15) is 0 Å². The van der Waals surface area contributed by atoms with Gasteiger partial charge in [-0.2, -0.15) is 0 Å². The molecule has 0 spiro atoms. The van der Waals surface area contributed by atoms with E-state index in [1.165, 1.54) is 50.9 Å². The van der Waals surface area contributed by atoms with Gasteiger partial charge in [0.05, 0.1) is 0 Å². The minimum Gasteiger partial charge on any atom is -0.301 e. The molecule has 0 unspecified atom stereocenters. The number of likely N-dealkylation sites (tertiary alicyclic amines) is 1. The van der Waals surface area contributed by atoms with E-state index in [1.807, 2.05) is 0 Å². The molecular formula is C17H38N2. The van der Waals surface area contributed by atoms with Crippen molar-refractivity contribution in [2.24, 2.45) is 10.9 Å². The second kappa shape index (κ2) is 11.5. The monoisotopic (exact) mass is 270 g/mol. The number of rotatable bonds is 2. The molecule has 2 rings (SSSR count). The number of aliphatic imine (C=N–C) groups is 1. The van der Waals surface area contributed by atoms with Crippen molar-refractivity contribution in [2.45, 2.75) is 80.7 Å². The Kier molecular flexibility index (Phi) is 12.6. The third-order valence-electron chi connectivity index (χ3n) is 3.69. The van der Waals surface area contributed by atoms with E-state index >= 15 is 0 Å². The average molecular weight is 271 g/mol. The van der Waals surface area contributed by atoms with E-state index in [0.717, 1.165) is 12.6 Å². The van der Waals surface area contributed by atoms with Gasteiger partial charge < -0.3 is 4.90 Å². The van der Waals surface area contributed by atoms with Crippen LogP contribution in [0.1, 0.15) is 74.7 Å². The van der Waals surface area contributed by atoms with Crippen molar-refractivity contribution in [3.8, 4) is 0 Å². The Bertz CT molecular complexity index is 225. The normalized spacial score (nSPS) is 19.2. The minimum absolute atomic E-state index is 0. The molecule has 0 aromatic rings. The Hall–Kier alpha value is -0.370. The first kappa shape index (κ1) is 20.9. The van der Waals surface area contributed by atoms with Gasteiger partial charge >= 0.3 is 0 Å². The minimum atomic E-state index is 0. The Morgan fingerprint density at radius 2 is 1.47 bits per heavy atom. The molecule has 116 valence electrons. The molecule has 0 aromatic heterocycles. The molecule has 2 aliphatic heterocycles. The van der Waals surface area contributed by atoms with Crippen molar-refractivity contribution in [3.63, 3.8) is 0 Å². The lowest BCUT2D eigenvalue weighted by molar-refractivity contribution is 0.185. The highest BCUT2D eigenvalue weighted by molar-refractivity contribution is 5.87. The summed E-state index contributed by atoms with van der Waals surface area (Å²) in [4.78, 5) is 6.91. The first-order valence-electron chi connectivity index (χ1n) is 7.38. The van der Waals surface area contributed by atoms with Crippen molar-refractivity contribution >= 4 is 5.71 Å². The van der Waals surface area contributed by atoms with Crippen LogP contribution in [0.25, 0.3) is 0 Å². The average Bonchev–Trinajstić information content (AvgIpc) is 2.84. The van der Waals surface area contributed by atoms with Gasteiger partial charge in [0.25, 0.3) is 0 Å². The molecule has 2 heterocycles.